The largest absolute Gasteiger partial charge is 0.496 e. The molecule has 0 atom stereocenters. The first-order valence-electron chi connectivity index (χ1n) is 6.48. The van der Waals surface area contributed by atoms with Crippen molar-refractivity contribution in [2.45, 2.75) is 0 Å². The van der Waals surface area contributed by atoms with Crippen molar-refractivity contribution < 1.29 is 9.47 Å². The highest BCUT2D eigenvalue weighted by Gasteiger charge is 2.09. The first-order valence-corrected chi connectivity index (χ1v) is 6.48. The normalized spacial score (nSPS) is 10.3. The fourth-order valence-electron chi connectivity index (χ4n) is 2.06. The van der Waals surface area contributed by atoms with Gasteiger partial charge in [-0.25, -0.2) is 4.98 Å². The molecule has 0 saturated carbocycles. The van der Waals surface area contributed by atoms with Gasteiger partial charge in [-0.2, -0.15) is 0 Å². The van der Waals surface area contributed by atoms with Crippen molar-refractivity contribution in [3.8, 4) is 28.5 Å². The Kier molecular flexibility index (Phi) is 3.47. The van der Waals surface area contributed by atoms with Crippen LogP contribution >= 0.6 is 0 Å². The Morgan fingerprint density at radius 1 is 1.10 bits per heavy atom. The topological polar surface area (TPSA) is 73.2 Å². The predicted molar refractivity (Wildman–Crippen MR) is 81.5 cm³/mol. The summed E-state index contributed by atoms with van der Waals surface area (Å²) in [5.74, 6) is 2.59. The fourth-order valence-corrected chi connectivity index (χ4v) is 2.06. The second-order valence-corrected chi connectivity index (χ2v) is 4.46. The molecular weight excluding hydrogens is 266 g/mol. The summed E-state index contributed by atoms with van der Waals surface area (Å²) in [6.07, 6.45) is 3.58. The van der Waals surface area contributed by atoms with Crippen molar-refractivity contribution in [3.63, 3.8) is 0 Å². The Morgan fingerprint density at radius 2 is 2.00 bits per heavy atom. The van der Waals surface area contributed by atoms with Crippen LogP contribution in [-0.4, -0.2) is 17.1 Å². The minimum absolute atomic E-state index is 0.474. The number of pyridine rings is 1. The number of rotatable bonds is 4. The number of benzene rings is 1. The van der Waals surface area contributed by atoms with E-state index in [0.29, 0.717) is 17.3 Å². The predicted octanol–water partition coefficient (Wildman–Crippen LogP) is 3.46. The van der Waals surface area contributed by atoms with Crippen LogP contribution < -0.4 is 15.2 Å². The summed E-state index contributed by atoms with van der Waals surface area (Å²) in [6.45, 7) is 0. The fraction of sp³-hybridized carbons (Fsp3) is 0.0625. The highest BCUT2D eigenvalue weighted by atomic mass is 16.5. The van der Waals surface area contributed by atoms with E-state index in [9.17, 15) is 0 Å². The van der Waals surface area contributed by atoms with Crippen LogP contribution in [0.3, 0.4) is 0 Å². The van der Waals surface area contributed by atoms with Gasteiger partial charge in [0.05, 0.1) is 12.8 Å². The third kappa shape index (κ3) is 2.81. The van der Waals surface area contributed by atoms with Gasteiger partial charge in [0.2, 0.25) is 0 Å². The van der Waals surface area contributed by atoms with Gasteiger partial charge in [0.1, 0.15) is 23.1 Å². The molecule has 1 aromatic carbocycles. The summed E-state index contributed by atoms with van der Waals surface area (Å²) in [4.78, 5) is 7.25. The SMILES string of the molecule is COc1cc(Oc2cc[nH]c2)ccc1-c1cccc(N)n1. The molecule has 0 radical (unpaired) electrons. The number of nitrogens with zero attached hydrogens (tertiary/aromatic N) is 1. The Hall–Kier alpha value is -2.95. The number of anilines is 1. The van der Waals surface area contributed by atoms with E-state index in [2.05, 4.69) is 9.97 Å². The quantitative estimate of drug-likeness (QED) is 0.768. The van der Waals surface area contributed by atoms with Crippen molar-refractivity contribution in [1.82, 2.24) is 9.97 Å². The maximum atomic E-state index is 5.73. The zero-order chi connectivity index (χ0) is 14.7. The van der Waals surface area contributed by atoms with Crippen molar-refractivity contribution in [1.29, 1.82) is 0 Å². The van der Waals surface area contributed by atoms with Crippen LogP contribution in [0.2, 0.25) is 0 Å². The van der Waals surface area contributed by atoms with Gasteiger partial charge in [0.25, 0.3) is 0 Å². The average Bonchev–Trinajstić information content (AvgIpc) is 3.00. The Bertz CT molecular complexity index is 739. The zero-order valence-corrected chi connectivity index (χ0v) is 11.5. The molecule has 0 aliphatic carbocycles. The molecule has 3 N–H and O–H groups in total. The van der Waals surface area contributed by atoms with Crippen molar-refractivity contribution in [2.24, 2.45) is 0 Å². The third-order valence-electron chi connectivity index (χ3n) is 3.02. The maximum Gasteiger partial charge on any atom is 0.144 e. The van der Waals surface area contributed by atoms with Crippen LogP contribution in [0, 0.1) is 0 Å². The van der Waals surface area contributed by atoms with Gasteiger partial charge in [-0.1, -0.05) is 6.07 Å². The van der Waals surface area contributed by atoms with E-state index < -0.39 is 0 Å². The molecule has 2 aromatic heterocycles. The lowest BCUT2D eigenvalue weighted by Gasteiger charge is -2.11. The van der Waals surface area contributed by atoms with E-state index in [1.807, 2.05) is 36.4 Å². The van der Waals surface area contributed by atoms with Gasteiger partial charge in [0, 0.05) is 24.0 Å². The molecule has 0 amide bonds. The lowest BCUT2D eigenvalue weighted by atomic mass is 10.1. The molecular formula is C16H15N3O2. The second-order valence-electron chi connectivity index (χ2n) is 4.46. The molecule has 0 aliphatic heterocycles. The first kappa shape index (κ1) is 13.1. The number of hydrogen-bond acceptors (Lipinski definition) is 4. The molecule has 21 heavy (non-hydrogen) atoms. The van der Waals surface area contributed by atoms with E-state index in [1.165, 1.54) is 0 Å². The monoisotopic (exact) mass is 281 g/mol. The summed E-state index contributed by atoms with van der Waals surface area (Å²) in [5, 5.41) is 0. The highest BCUT2D eigenvalue weighted by molar-refractivity contribution is 5.69. The maximum absolute atomic E-state index is 5.73. The molecule has 5 heteroatoms. The number of nitrogens with two attached hydrogens (primary N) is 1. The minimum atomic E-state index is 0.474. The molecule has 3 rings (SSSR count). The molecule has 0 aliphatic rings. The van der Waals surface area contributed by atoms with Crippen LogP contribution in [-0.2, 0) is 0 Å². The summed E-state index contributed by atoms with van der Waals surface area (Å²) in [5.41, 5.74) is 7.36. The van der Waals surface area contributed by atoms with Gasteiger partial charge < -0.3 is 20.2 Å². The van der Waals surface area contributed by atoms with E-state index in [4.69, 9.17) is 15.2 Å². The average molecular weight is 281 g/mol. The van der Waals surface area contributed by atoms with Gasteiger partial charge in [-0.15, -0.1) is 0 Å². The molecule has 0 bridgehead atoms. The molecule has 3 aromatic rings. The molecule has 2 heterocycles. The van der Waals surface area contributed by atoms with Crippen LogP contribution in [0.1, 0.15) is 0 Å². The van der Waals surface area contributed by atoms with E-state index in [0.717, 1.165) is 17.0 Å². The lowest BCUT2D eigenvalue weighted by molar-refractivity contribution is 0.410. The minimum Gasteiger partial charge on any atom is -0.496 e. The zero-order valence-electron chi connectivity index (χ0n) is 11.5. The molecule has 0 spiro atoms. The third-order valence-corrected chi connectivity index (χ3v) is 3.02. The van der Waals surface area contributed by atoms with Crippen LogP contribution in [0.25, 0.3) is 11.3 Å². The van der Waals surface area contributed by atoms with Crippen LogP contribution in [0.5, 0.6) is 17.2 Å². The smallest absolute Gasteiger partial charge is 0.144 e. The number of nitrogen functional groups attached to an aromatic ring is 1. The number of methoxy groups -OCH3 is 1. The molecule has 5 nitrogen and oxygen atoms in total. The Labute approximate surface area is 122 Å². The number of aromatic nitrogens is 2. The number of nitrogens with one attached hydrogen (secondary N) is 1. The Balaban J connectivity index is 1.95. The van der Waals surface area contributed by atoms with Crippen LogP contribution in [0.15, 0.2) is 54.9 Å². The van der Waals surface area contributed by atoms with E-state index in [1.54, 1.807) is 25.6 Å². The summed E-state index contributed by atoms with van der Waals surface area (Å²) < 4.78 is 11.1. The lowest BCUT2D eigenvalue weighted by Crippen LogP contribution is -1.94. The highest BCUT2D eigenvalue weighted by Crippen LogP contribution is 2.34. The Morgan fingerprint density at radius 3 is 2.71 bits per heavy atom. The summed E-state index contributed by atoms with van der Waals surface area (Å²) in [6, 6.07) is 13.0. The van der Waals surface area contributed by atoms with Crippen molar-refractivity contribution in [2.75, 3.05) is 12.8 Å². The van der Waals surface area contributed by atoms with E-state index in [-0.39, 0.29) is 0 Å². The molecule has 0 saturated heterocycles. The number of ether oxygens (including phenoxy) is 2. The van der Waals surface area contributed by atoms with Gasteiger partial charge in [-0.3, -0.25) is 0 Å². The molecule has 0 fully saturated rings. The molecule has 106 valence electrons. The van der Waals surface area contributed by atoms with Crippen molar-refractivity contribution in [3.05, 3.63) is 54.9 Å². The standard InChI is InChI=1S/C16H15N3O2/c1-20-15-9-11(21-12-7-8-18-10-12)5-6-13(15)14-3-2-4-16(17)19-14/h2-10,18H,1H3,(H2,17,19). The first-order chi connectivity index (χ1) is 10.3. The summed E-state index contributed by atoms with van der Waals surface area (Å²) >= 11 is 0. The number of aromatic amines is 1. The number of hydrogen-bond donors (Lipinski definition) is 2. The second kappa shape index (κ2) is 5.58. The molecule has 0 unspecified atom stereocenters. The van der Waals surface area contributed by atoms with E-state index >= 15 is 0 Å². The number of H-pyrrole nitrogens is 1. The van der Waals surface area contributed by atoms with Gasteiger partial charge in [-0.05, 0) is 30.3 Å². The summed E-state index contributed by atoms with van der Waals surface area (Å²) in [7, 11) is 1.62. The van der Waals surface area contributed by atoms with Crippen LogP contribution in [0.4, 0.5) is 5.82 Å². The van der Waals surface area contributed by atoms with Crippen molar-refractivity contribution >= 4 is 5.82 Å². The van der Waals surface area contributed by atoms with Gasteiger partial charge >= 0.3 is 0 Å². The van der Waals surface area contributed by atoms with Gasteiger partial charge in [0.15, 0.2) is 0 Å².